The molecule has 1 unspecified atom stereocenters. The number of ether oxygens (including phenoxy) is 1. The first kappa shape index (κ1) is 11.4. The summed E-state index contributed by atoms with van der Waals surface area (Å²) in [4.78, 5) is 12.9. The lowest BCUT2D eigenvalue weighted by Gasteiger charge is -2.24. The molecule has 72 valence electrons. The van der Waals surface area contributed by atoms with Crippen LogP contribution in [-0.2, 0) is 9.53 Å². The number of nitrogens with zero attached hydrogens (tertiary/aromatic N) is 1. The highest BCUT2D eigenvalue weighted by atomic mass is 16.5. The smallest absolute Gasteiger partial charge is 0.319 e. The summed E-state index contributed by atoms with van der Waals surface area (Å²) in [6.07, 6.45) is 0. The molecule has 0 aliphatic carbocycles. The van der Waals surface area contributed by atoms with Crippen molar-refractivity contribution in [2.75, 3.05) is 26.7 Å². The van der Waals surface area contributed by atoms with Gasteiger partial charge in [-0.3, -0.25) is 9.69 Å². The minimum atomic E-state index is -0.211. The van der Waals surface area contributed by atoms with E-state index in [1.807, 2.05) is 18.7 Å². The normalized spacial score (nSPS) is 13.1. The van der Waals surface area contributed by atoms with Crippen molar-refractivity contribution in [3.8, 4) is 0 Å². The highest BCUT2D eigenvalue weighted by Crippen LogP contribution is 1.96. The van der Waals surface area contributed by atoms with Gasteiger partial charge < -0.3 is 10.5 Å². The maximum atomic E-state index is 10.9. The van der Waals surface area contributed by atoms with Crippen LogP contribution in [0.25, 0.3) is 0 Å². The Morgan fingerprint density at radius 2 is 2.25 bits per heavy atom. The number of hydrogen-bond acceptors (Lipinski definition) is 4. The van der Waals surface area contributed by atoms with E-state index in [1.165, 1.54) is 7.11 Å². The molecular weight excluding hydrogens is 156 g/mol. The monoisotopic (exact) mass is 174 g/mol. The van der Waals surface area contributed by atoms with E-state index in [2.05, 4.69) is 4.74 Å². The predicted octanol–water partition coefficient (Wildman–Crippen LogP) is -0.171. The Balaban J connectivity index is 3.90. The van der Waals surface area contributed by atoms with Crippen molar-refractivity contribution in [2.24, 2.45) is 5.73 Å². The van der Waals surface area contributed by atoms with Crippen LogP contribution >= 0.6 is 0 Å². The number of methoxy groups -OCH3 is 1. The van der Waals surface area contributed by atoms with Crippen LogP contribution in [0.4, 0.5) is 0 Å². The van der Waals surface area contributed by atoms with Gasteiger partial charge in [-0.25, -0.2) is 0 Å². The van der Waals surface area contributed by atoms with E-state index >= 15 is 0 Å². The summed E-state index contributed by atoms with van der Waals surface area (Å²) in [5.74, 6) is -0.211. The average Bonchev–Trinajstić information content (AvgIpc) is 2.12. The highest BCUT2D eigenvalue weighted by Gasteiger charge is 2.13. The van der Waals surface area contributed by atoms with Crippen LogP contribution < -0.4 is 5.73 Å². The Kier molecular flexibility index (Phi) is 5.66. The third-order valence-corrected chi connectivity index (χ3v) is 1.93. The molecule has 0 aliphatic heterocycles. The number of esters is 1. The fraction of sp³-hybridized carbons (Fsp3) is 0.875. The Bertz CT molecular complexity index is 139. The molecule has 0 spiro atoms. The number of carbonyl (C=O) groups excluding carboxylic acids is 1. The van der Waals surface area contributed by atoms with Gasteiger partial charge in [-0.15, -0.1) is 0 Å². The molecule has 0 amide bonds. The van der Waals surface area contributed by atoms with Crippen molar-refractivity contribution < 1.29 is 9.53 Å². The molecule has 1 atom stereocenters. The van der Waals surface area contributed by atoms with Crippen molar-refractivity contribution in [1.29, 1.82) is 0 Å². The zero-order chi connectivity index (χ0) is 9.56. The van der Waals surface area contributed by atoms with Crippen LogP contribution in [-0.4, -0.2) is 43.7 Å². The van der Waals surface area contributed by atoms with Crippen molar-refractivity contribution in [2.45, 2.75) is 19.9 Å². The Morgan fingerprint density at radius 1 is 1.67 bits per heavy atom. The first-order chi connectivity index (χ1) is 5.65. The Hall–Kier alpha value is -0.610. The van der Waals surface area contributed by atoms with Gasteiger partial charge in [0, 0.05) is 12.6 Å². The standard InChI is InChI=1S/C8H18N2O2/c1-4-10(7(2)5-9)6-8(11)12-3/h7H,4-6,9H2,1-3H3. The highest BCUT2D eigenvalue weighted by molar-refractivity contribution is 5.71. The Morgan fingerprint density at radius 3 is 2.58 bits per heavy atom. The minimum Gasteiger partial charge on any atom is -0.468 e. The summed E-state index contributed by atoms with van der Waals surface area (Å²) in [5, 5.41) is 0. The molecule has 0 heterocycles. The van der Waals surface area contributed by atoms with Gasteiger partial charge in [0.15, 0.2) is 0 Å². The first-order valence-electron chi connectivity index (χ1n) is 4.16. The fourth-order valence-corrected chi connectivity index (χ4v) is 0.959. The minimum absolute atomic E-state index is 0.211. The van der Waals surface area contributed by atoms with Crippen LogP contribution in [0.1, 0.15) is 13.8 Å². The maximum Gasteiger partial charge on any atom is 0.319 e. The van der Waals surface area contributed by atoms with Gasteiger partial charge in [0.25, 0.3) is 0 Å². The molecule has 0 saturated carbocycles. The molecule has 0 rings (SSSR count). The first-order valence-corrected chi connectivity index (χ1v) is 4.16. The van der Waals surface area contributed by atoms with E-state index in [0.29, 0.717) is 13.1 Å². The third-order valence-electron chi connectivity index (χ3n) is 1.93. The van der Waals surface area contributed by atoms with Crippen molar-refractivity contribution in [1.82, 2.24) is 4.90 Å². The lowest BCUT2D eigenvalue weighted by molar-refractivity contribution is -0.142. The number of carbonyl (C=O) groups is 1. The van der Waals surface area contributed by atoms with Gasteiger partial charge in [-0.1, -0.05) is 6.92 Å². The SMILES string of the molecule is CCN(CC(=O)OC)C(C)CN. The van der Waals surface area contributed by atoms with Gasteiger partial charge in [-0.2, -0.15) is 0 Å². The van der Waals surface area contributed by atoms with Crippen LogP contribution in [0, 0.1) is 0 Å². The summed E-state index contributed by atoms with van der Waals surface area (Å²) < 4.78 is 4.56. The molecule has 0 aromatic rings. The van der Waals surface area contributed by atoms with E-state index in [0.717, 1.165) is 6.54 Å². The molecule has 12 heavy (non-hydrogen) atoms. The Labute approximate surface area is 73.7 Å². The van der Waals surface area contributed by atoms with E-state index < -0.39 is 0 Å². The number of likely N-dealkylation sites (N-methyl/N-ethyl adjacent to an activating group) is 1. The molecule has 4 nitrogen and oxygen atoms in total. The zero-order valence-corrected chi connectivity index (χ0v) is 8.04. The summed E-state index contributed by atoms with van der Waals surface area (Å²) in [6.45, 7) is 5.69. The lowest BCUT2D eigenvalue weighted by Crippen LogP contribution is -2.41. The molecule has 0 radical (unpaired) electrons. The second-order valence-corrected chi connectivity index (χ2v) is 2.72. The van der Waals surface area contributed by atoms with E-state index in [1.54, 1.807) is 0 Å². The largest absolute Gasteiger partial charge is 0.468 e. The molecule has 4 heteroatoms. The molecule has 0 fully saturated rings. The second-order valence-electron chi connectivity index (χ2n) is 2.72. The van der Waals surface area contributed by atoms with Crippen LogP contribution in [0.3, 0.4) is 0 Å². The molecule has 0 bridgehead atoms. The number of rotatable bonds is 5. The molecule has 2 N–H and O–H groups in total. The van der Waals surface area contributed by atoms with Gasteiger partial charge in [0.05, 0.1) is 13.7 Å². The lowest BCUT2D eigenvalue weighted by atomic mass is 10.3. The zero-order valence-electron chi connectivity index (χ0n) is 8.04. The van der Waals surface area contributed by atoms with Crippen LogP contribution in [0.15, 0.2) is 0 Å². The second kappa shape index (κ2) is 5.97. The molecule has 0 aliphatic rings. The van der Waals surface area contributed by atoms with Crippen LogP contribution in [0.2, 0.25) is 0 Å². The summed E-state index contributed by atoms with van der Waals surface area (Å²) in [5.41, 5.74) is 5.47. The van der Waals surface area contributed by atoms with Gasteiger partial charge in [0.1, 0.15) is 0 Å². The average molecular weight is 174 g/mol. The van der Waals surface area contributed by atoms with Crippen LogP contribution in [0.5, 0.6) is 0 Å². The number of nitrogens with two attached hydrogens (primary N) is 1. The molecular formula is C8H18N2O2. The van der Waals surface area contributed by atoms with Crippen molar-refractivity contribution in [3.63, 3.8) is 0 Å². The van der Waals surface area contributed by atoms with Gasteiger partial charge in [0.2, 0.25) is 0 Å². The van der Waals surface area contributed by atoms with Crippen molar-refractivity contribution in [3.05, 3.63) is 0 Å². The number of hydrogen-bond donors (Lipinski definition) is 1. The molecule has 0 aromatic heterocycles. The predicted molar refractivity (Wildman–Crippen MR) is 47.8 cm³/mol. The van der Waals surface area contributed by atoms with Gasteiger partial charge in [-0.05, 0) is 13.5 Å². The summed E-state index contributed by atoms with van der Waals surface area (Å²) in [6, 6.07) is 0.231. The fourth-order valence-electron chi connectivity index (χ4n) is 0.959. The van der Waals surface area contributed by atoms with E-state index in [9.17, 15) is 4.79 Å². The van der Waals surface area contributed by atoms with Gasteiger partial charge >= 0.3 is 5.97 Å². The van der Waals surface area contributed by atoms with Crippen molar-refractivity contribution >= 4 is 5.97 Å². The topological polar surface area (TPSA) is 55.6 Å². The summed E-state index contributed by atoms with van der Waals surface area (Å²) in [7, 11) is 1.39. The third kappa shape index (κ3) is 3.69. The maximum absolute atomic E-state index is 10.9. The van der Waals surface area contributed by atoms with E-state index in [-0.39, 0.29) is 12.0 Å². The molecule has 0 saturated heterocycles. The van der Waals surface area contributed by atoms with E-state index in [4.69, 9.17) is 5.73 Å². The molecule has 0 aromatic carbocycles. The quantitative estimate of drug-likeness (QED) is 0.588. The summed E-state index contributed by atoms with van der Waals surface area (Å²) >= 11 is 0.